The highest BCUT2D eigenvalue weighted by molar-refractivity contribution is 7.98. The number of aromatic nitrogens is 1. The van der Waals surface area contributed by atoms with E-state index in [-0.39, 0.29) is 11.4 Å². The summed E-state index contributed by atoms with van der Waals surface area (Å²) in [6.45, 7) is 2.37. The number of hydrogen-bond donors (Lipinski definition) is 2. The smallest absolute Gasteiger partial charge is 0.258 e. The molecule has 1 amide bonds. The van der Waals surface area contributed by atoms with Crippen molar-refractivity contribution in [2.45, 2.75) is 11.8 Å². The molecule has 0 atom stereocenters. The van der Waals surface area contributed by atoms with Crippen molar-refractivity contribution in [1.29, 1.82) is 0 Å². The Morgan fingerprint density at radius 1 is 1.33 bits per heavy atom. The zero-order valence-electron chi connectivity index (χ0n) is 11.8. The van der Waals surface area contributed by atoms with E-state index in [0.29, 0.717) is 12.2 Å². The number of rotatable bonds is 5. The van der Waals surface area contributed by atoms with E-state index < -0.39 is 11.7 Å². The van der Waals surface area contributed by atoms with E-state index in [1.807, 2.05) is 31.4 Å². The second-order valence-electron chi connectivity index (χ2n) is 4.21. The SMILES string of the molecule is CCNc1nccc(C(=O)Nc2ccccc2SC)c1F. The van der Waals surface area contributed by atoms with Crippen LogP contribution in [-0.4, -0.2) is 23.7 Å². The molecule has 1 aromatic heterocycles. The van der Waals surface area contributed by atoms with Crippen molar-refractivity contribution in [3.63, 3.8) is 0 Å². The molecule has 6 heteroatoms. The van der Waals surface area contributed by atoms with Gasteiger partial charge in [0.25, 0.3) is 5.91 Å². The number of pyridine rings is 1. The van der Waals surface area contributed by atoms with Gasteiger partial charge in [-0.15, -0.1) is 11.8 Å². The van der Waals surface area contributed by atoms with E-state index in [2.05, 4.69) is 15.6 Å². The third kappa shape index (κ3) is 3.52. The van der Waals surface area contributed by atoms with Crippen LogP contribution in [-0.2, 0) is 0 Å². The van der Waals surface area contributed by atoms with E-state index in [1.54, 1.807) is 6.07 Å². The van der Waals surface area contributed by atoms with Gasteiger partial charge >= 0.3 is 0 Å². The van der Waals surface area contributed by atoms with Gasteiger partial charge in [-0.3, -0.25) is 4.79 Å². The molecule has 4 nitrogen and oxygen atoms in total. The third-order valence-corrected chi connectivity index (χ3v) is 3.63. The quantitative estimate of drug-likeness (QED) is 0.828. The highest BCUT2D eigenvalue weighted by Gasteiger charge is 2.16. The van der Waals surface area contributed by atoms with Gasteiger partial charge in [0.05, 0.1) is 11.3 Å². The van der Waals surface area contributed by atoms with E-state index >= 15 is 0 Å². The largest absolute Gasteiger partial charge is 0.368 e. The highest BCUT2D eigenvalue weighted by Crippen LogP contribution is 2.25. The number of nitrogens with one attached hydrogen (secondary N) is 2. The van der Waals surface area contributed by atoms with Crippen LogP contribution in [0.2, 0.25) is 0 Å². The maximum Gasteiger partial charge on any atom is 0.258 e. The first-order valence-corrected chi connectivity index (χ1v) is 7.72. The lowest BCUT2D eigenvalue weighted by Crippen LogP contribution is -2.16. The van der Waals surface area contributed by atoms with Crippen molar-refractivity contribution in [3.8, 4) is 0 Å². The molecule has 0 saturated heterocycles. The molecule has 0 fully saturated rings. The average molecular weight is 305 g/mol. The molecule has 0 unspecified atom stereocenters. The molecule has 1 aromatic carbocycles. The second-order valence-corrected chi connectivity index (χ2v) is 5.05. The normalized spacial score (nSPS) is 10.2. The summed E-state index contributed by atoms with van der Waals surface area (Å²) in [5.41, 5.74) is 0.632. The lowest BCUT2D eigenvalue weighted by Gasteiger charge is -2.11. The minimum Gasteiger partial charge on any atom is -0.368 e. The molecule has 0 aliphatic heterocycles. The Labute approximate surface area is 127 Å². The molecule has 2 rings (SSSR count). The summed E-state index contributed by atoms with van der Waals surface area (Å²) < 4.78 is 14.2. The molecule has 0 aliphatic rings. The number of amides is 1. The van der Waals surface area contributed by atoms with Gasteiger partial charge in [-0.25, -0.2) is 9.37 Å². The predicted octanol–water partition coefficient (Wildman–Crippen LogP) is 3.63. The minimum absolute atomic E-state index is 0.0307. The highest BCUT2D eigenvalue weighted by atomic mass is 32.2. The lowest BCUT2D eigenvalue weighted by molar-refractivity contribution is 0.102. The predicted molar refractivity (Wildman–Crippen MR) is 84.5 cm³/mol. The number of hydrogen-bond acceptors (Lipinski definition) is 4. The standard InChI is InChI=1S/C15H16FN3OS/c1-3-17-14-13(16)10(8-9-18-14)15(20)19-11-6-4-5-7-12(11)21-2/h4-9H,3H2,1-2H3,(H,17,18)(H,19,20). The van der Waals surface area contributed by atoms with Crippen molar-refractivity contribution in [2.24, 2.45) is 0 Å². The van der Waals surface area contributed by atoms with Gasteiger partial charge in [-0.1, -0.05) is 12.1 Å². The summed E-state index contributed by atoms with van der Waals surface area (Å²) in [6, 6.07) is 8.76. The van der Waals surface area contributed by atoms with Crippen LogP contribution in [0, 0.1) is 5.82 Å². The Balaban J connectivity index is 2.26. The van der Waals surface area contributed by atoms with Gasteiger partial charge in [0.1, 0.15) is 0 Å². The minimum atomic E-state index is -0.640. The monoisotopic (exact) mass is 305 g/mol. The fourth-order valence-electron chi connectivity index (χ4n) is 1.85. The van der Waals surface area contributed by atoms with E-state index in [0.717, 1.165) is 4.90 Å². The topological polar surface area (TPSA) is 54.0 Å². The Kier molecular flexibility index (Phi) is 5.16. The molecule has 21 heavy (non-hydrogen) atoms. The number of carbonyl (C=O) groups excluding carboxylic acids is 1. The number of halogens is 1. The fraction of sp³-hybridized carbons (Fsp3) is 0.200. The number of anilines is 2. The van der Waals surface area contributed by atoms with Crippen LogP contribution in [0.3, 0.4) is 0 Å². The summed E-state index contributed by atoms with van der Waals surface area (Å²) in [7, 11) is 0. The first-order valence-electron chi connectivity index (χ1n) is 6.50. The molecule has 0 saturated carbocycles. The van der Waals surface area contributed by atoms with Crippen LogP contribution in [0.25, 0.3) is 0 Å². The summed E-state index contributed by atoms with van der Waals surface area (Å²) in [4.78, 5) is 17.0. The number of benzene rings is 1. The van der Waals surface area contributed by atoms with Crippen LogP contribution in [0.15, 0.2) is 41.4 Å². The summed E-state index contributed by atoms with van der Waals surface area (Å²) in [5, 5.41) is 5.52. The van der Waals surface area contributed by atoms with Crippen LogP contribution in [0.1, 0.15) is 17.3 Å². The Morgan fingerprint density at radius 3 is 2.81 bits per heavy atom. The van der Waals surface area contributed by atoms with Crippen molar-refractivity contribution in [1.82, 2.24) is 4.98 Å². The molecule has 110 valence electrons. The van der Waals surface area contributed by atoms with Crippen molar-refractivity contribution >= 4 is 29.2 Å². The number of para-hydroxylation sites is 1. The summed E-state index contributed by atoms with van der Waals surface area (Å²) in [6.07, 6.45) is 3.33. The molecular formula is C15H16FN3OS. The van der Waals surface area contributed by atoms with Crippen molar-refractivity contribution in [3.05, 3.63) is 47.9 Å². The second kappa shape index (κ2) is 7.08. The molecule has 0 bridgehead atoms. The summed E-state index contributed by atoms with van der Waals surface area (Å²) in [5.74, 6) is -1.04. The first kappa shape index (κ1) is 15.3. The number of nitrogens with zero attached hydrogens (tertiary/aromatic N) is 1. The van der Waals surface area contributed by atoms with E-state index in [4.69, 9.17) is 0 Å². The molecule has 2 N–H and O–H groups in total. The number of carbonyl (C=O) groups is 1. The van der Waals surface area contributed by atoms with Crippen LogP contribution >= 0.6 is 11.8 Å². The van der Waals surface area contributed by atoms with Crippen LogP contribution in [0.4, 0.5) is 15.9 Å². The van der Waals surface area contributed by atoms with Crippen LogP contribution in [0.5, 0.6) is 0 Å². The molecule has 2 aromatic rings. The molecular weight excluding hydrogens is 289 g/mol. The van der Waals surface area contributed by atoms with Crippen molar-refractivity contribution < 1.29 is 9.18 Å². The third-order valence-electron chi connectivity index (χ3n) is 2.83. The number of thioether (sulfide) groups is 1. The Morgan fingerprint density at radius 2 is 2.10 bits per heavy atom. The summed E-state index contributed by atoms with van der Waals surface area (Å²) >= 11 is 1.51. The zero-order chi connectivity index (χ0) is 15.2. The molecule has 0 aliphatic carbocycles. The van der Waals surface area contributed by atoms with Crippen molar-refractivity contribution in [2.75, 3.05) is 23.4 Å². The van der Waals surface area contributed by atoms with Gasteiger partial charge in [-0.2, -0.15) is 0 Å². The van der Waals surface area contributed by atoms with Gasteiger partial charge < -0.3 is 10.6 Å². The Bertz CT molecular complexity index is 649. The van der Waals surface area contributed by atoms with Gasteiger partial charge in [0.2, 0.25) is 0 Å². The molecule has 1 heterocycles. The maximum atomic E-state index is 14.2. The maximum absolute atomic E-state index is 14.2. The zero-order valence-corrected chi connectivity index (χ0v) is 12.6. The van der Waals surface area contributed by atoms with Gasteiger partial charge in [0, 0.05) is 17.6 Å². The van der Waals surface area contributed by atoms with E-state index in [1.165, 1.54) is 24.0 Å². The fourth-order valence-corrected chi connectivity index (χ4v) is 2.40. The molecule has 0 spiro atoms. The van der Waals surface area contributed by atoms with Gasteiger partial charge in [0.15, 0.2) is 11.6 Å². The first-order chi connectivity index (χ1) is 10.2. The molecule has 0 radical (unpaired) electrons. The lowest BCUT2D eigenvalue weighted by atomic mass is 10.2. The van der Waals surface area contributed by atoms with E-state index in [9.17, 15) is 9.18 Å². The van der Waals surface area contributed by atoms with Crippen LogP contribution < -0.4 is 10.6 Å². The average Bonchev–Trinajstić information content (AvgIpc) is 2.50. The Hall–Kier alpha value is -2.08. The van der Waals surface area contributed by atoms with Gasteiger partial charge in [-0.05, 0) is 31.4 Å².